The summed E-state index contributed by atoms with van der Waals surface area (Å²) in [4.78, 5) is 11.3. The summed E-state index contributed by atoms with van der Waals surface area (Å²) in [7, 11) is 1.65. The number of unbranched alkanes of at least 4 members (excludes halogenated alkanes) is 1. The van der Waals surface area contributed by atoms with Crippen molar-refractivity contribution in [2.45, 2.75) is 39.5 Å². The number of ether oxygens (including phenoxy) is 1. The third-order valence-corrected chi connectivity index (χ3v) is 2.90. The molecule has 0 fully saturated rings. The van der Waals surface area contributed by atoms with Crippen molar-refractivity contribution in [2.75, 3.05) is 20.3 Å². The van der Waals surface area contributed by atoms with Crippen LogP contribution in [0.3, 0.4) is 0 Å². The first-order valence-electron chi connectivity index (χ1n) is 5.91. The Morgan fingerprint density at radius 3 is 2.44 bits per heavy atom. The average Bonchev–Trinajstić information content (AvgIpc) is 2.21. The molecule has 3 N–H and O–H groups in total. The van der Waals surface area contributed by atoms with E-state index in [9.17, 15) is 9.90 Å². The van der Waals surface area contributed by atoms with E-state index in [1.807, 2.05) is 13.8 Å². The lowest BCUT2D eigenvalue weighted by Gasteiger charge is -2.29. The highest BCUT2D eigenvalue weighted by atomic mass is 16.5. The fourth-order valence-electron chi connectivity index (χ4n) is 2.06. The number of carbonyl (C=O) groups is 1. The van der Waals surface area contributed by atoms with E-state index in [0.717, 1.165) is 12.8 Å². The van der Waals surface area contributed by atoms with Gasteiger partial charge in [0, 0.05) is 20.3 Å². The Morgan fingerprint density at radius 2 is 2.06 bits per heavy atom. The lowest BCUT2D eigenvalue weighted by molar-refractivity contribution is -0.150. The van der Waals surface area contributed by atoms with Crippen LogP contribution in [0.15, 0.2) is 0 Å². The zero-order chi connectivity index (χ0) is 12.6. The molecule has 0 saturated carbocycles. The number of methoxy groups -OCH3 is 1. The highest BCUT2D eigenvalue weighted by Crippen LogP contribution is 2.31. The van der Waals surface area contributed by atoms with Crippen molar-refractivity contribution in [1.29, 1.82) is 0 Å². The molecule has 4 heteroatoms. The summed E-state index contributed by atoms with van der Waals surface area (Å²) in [5.74, 6) is -0.414. The largest absolute Gasteiger partial charge is 0.481 e. The molecule has 1 unspecified atom stereocenters. The zero-order valence-corrected chi connectivity index (χ0v) is 10.7. The topological polar surface area (TPSA) is 72.5 Å². The van der Waals surface area contributed by atoms with Crippen molar-refractivity contribution in [3.05, 3.63) is 0 Å². The number of carboxylic acid groups (broad SMARTS) is 1. The van der Waals surface area contributed by atoms with Gasteiger partial charge in [-0.1, -0.05) is 13.8 Å². The molecule has 0 amide bonds. The number of carboxylic acids is 1. The molecule has 0 heterocycles. The van der Waals surface area contributed by atoms with Gasteiger partial charge in [-0.25, -0.2) is 0 Å². The maximum Gasteiger partial charge on any atom is 0.310 e. The van der Waals surface area contributed by atoms with E-state index in [0.29, 0.717) is 25.4 Å². The van der Waals surface area contributed by atoms with Crippen molar-refractivity contribution < 1.29 is 14.6 Å². The number of hydrogen-bond acceptors (Lipinski definition) is 3. The van der Waals surface area contributed by atoms with Crippen molar-refractivity contribution in [3.8, 4) is 0 Å². The molecule has 96 valence electrons. The molecule has 4 nitrogen and oxygen atoms in total. The molecule has 16 heavy (non-hydrogen) atoms. The molecule has 0 bridgehead atoms. The normalized spacial score (nSPS) is 15.1. The Bertz CT molecular complexity index is 206. The first-order valence-corrected chi connectivity index (χ1v) is 5.91. The van der Waals surface area contributed by atoms with Crippen LogP contribution >= 0.6 is 0 Å². The summed E-state index contributed by atoms with van der Waals surface area (Å²) >= 11 is 0. The van der Waals surface area contributed by atoms with Gasteiger partial charge >= 0.3 is 5.97 Å². The van der Waals surface area contributed by atoms with Crippen LogP contribution in [0.25, 0.3) is 0 Å². The van der Waals surface area contributed by atoms with E-state index < -0.39 is 11.4 Å². The summed E-state index contributed by atoms with van der Waals surface area (Å²) in [5.41, 5.74) is 4.91. The number of hydrogen-bond donors (Lipinski definition) is 2. The highest BCUT2D eigenvalue weighted by molar-refractivity contribution is 5.74. The van der Waals surface area contributed by atoms with E-state index in [1.54, 1.807) is 7.11 Å². The van der Waals surface area contributed by atoms with E-state index >= 15 is 0 Å². The number of rotatable bonds is 9. The van der Waals surface area contributed by atoms with Crippen molar-refractivity contribution in [1.82, 2.24) is 0 Å². The second kappa shape index (κ2) is 7.63. The van der Waals surface area contributed by atoms with Crippen molar-refractivity contribution >= 4 is 5.97 Å². The fraction of sp³-hybridized carbons (Fsp3) is 0.917. The lowest BCUT2D eigenvalue weighted by Crippen LogP contribution is -2.39. The minimum atomic E-state index is -0.763. The molecule has 0 spiro atoms. The van der Waals surface area contributed by atoms with Gasteiger partial charge in [0.25, 0.3) is 0 Å². The lowest BCUT2D eigenvalue weighted by atomic mass is 9.76. The van der Waals surface area contributed by atoms with Crippen LogP contribution in [-0.2, 0) is 9.53 Å². The third-order valence-electron chi connectivity index (χ3n) is 2.90. The molecular formula is C12H25NO3. The van der Waals surface area contributed by atoms with Gasteiger partial charge in [-0.15, -0.1) is 0 Å². The van der Waals surface area contributed by atoms with Gasteiger partial charge in [-0.3, -0.25) is 4.79 Å². The molecule has 1 atom stereocenters. The van der Waals surface area contributed by atoms with Gasteiger partial charge < -0.3 is 15.6 Å². The number of nitrogens with two attached hydrogens (primary N) is 1. The molecule has 0 rings (SSSR count). The maximum absolute atomic E-state index is 11.3. The monoisotopic (exact) mass is 231 g/mol. The second-order valence-corrected chi connectivity index (χ2v) is 4.84. The summed E-state index contributed by atoms with van der Waals surface area (Å²) in [6.45, 7) is 4.96. The molecule has 0 aliphatic heterocycles. The minimum Gasteiger partial charge on any atom is -0.481 e. The fourth-order valence-corrected chi connectivity index (χ4v) is 2.06. The van der Waals surface area contributed by atoms with Crippen LogP contribution in [0, 0.1) is 11.3 Å². The molecule has 0 radical (unpaired) electrons. The van der Waals surface area contributed by atoms with E-state index in [2.05, 4.69) is 0 Å². The van der Waals surface area contributed by atoms with Gasteiger partial charge in [0.05, 0.1) is 5.41 Å². The molecule has 0 aromatic heterocycles. The quantitative estimate of drug-likeness (QED) is 0.594. The Morgan fingerprint density at radius 1 is 1.44 bits per heavy atom. The third kappa shape index (κ3) is 4.94. The van der Waals surface area contributed by atoms with Crippen LogP contribution in [0.4, 0.5) is 0 Å². The summed E-state index contributed by atoms with van der Waals surface area (Å²) < 4.78 is 4.95. The van der Waals surface area contributed by atoms with Crippen LogP contribution in [-0.4, -0.2) is 31.3 Å². The van der Waals surface area contributed by atoms with E-state index in [-0.39, 0.29) is 6.54 Å². The smallest absolute Gasteiger partial charge is 0.310 e. The summed E-state index contributed by atoms with van der Waals surface area (Å²) in [6.07, 6.45) is 3.03. The van der Waals surface area contributed by atoms with Gasteiger partial charge in [0.2, 0.25) is 0 Å². The molecule has 0 aromatic rings. The standard InChI is InChI=1S/C12H25NO3/c1-10(2)8-12(9-13,11(14)15)6-4-5-7-16-3/h10H,4-9,13H2,1-3H3,(H,14,15). The summed E-state index contributed by atoms with van der Waals surface area (Å²) in [5, 5.41) is 9.32. The van der Waals surface area contributed by atoms with Crippen molar-refractivity contribution in [3.63, 3.8) is 0 Å². The van der Waals surface area contributed by atoms with Gasteiger partial charge in [0.1, 0.15) is 0 Å². The van der Waals surface area contributed by atoms with Crippen molar-refractivity contribution in [2.24, 2.45) is 17.1 Å². The van der Waals surface area contributed by atoms with Crippen LogP contribution in [0.2, 0.25) is 0 Å². The summed E-state index contributed by atoms with van der Waals surface area (Å²) in [6, 6.07) is 0. The SMILES string of the molecule is COCCCCC(CN)(CC(C)C)C(=O)O. The molecule has 0 aromatic carbocycles. The van der Waals surface area contributed by atoms with E-state index in [4.69, 9.17) is 10.5 Å². The Kier molecular flexibility index (Phi) is 7.34. The maximum atomic E-state index is 11.3. The van der Waals surface area contributed by atoms with Crippen LogP contribution < -0.4 is 5.73 Å². The first kappa shape index (κ1) is 15.4. The van der Waals surface area contributed by atoms with Crippen LogP contribution in [0.5, 0.6) is 0 Å². The highest BCUT2D eigenvalue weighted by Gasteiger charge is 2.36. The molecule has 0 aliphatic carbocycles. The van der Waals surface area contributed by atoms with Gasteiger partial charge in [0.15, 0.2) is 0 Å². The van der Waals surface area contributed by atoms with Gasteiger partial charge in [-0.05, 0) is 31.6 Å². The molecule has 0 saturated heterocycles. The van der Waals surface area contributed by atoms with Gasteiger partial charge in [-0.2, -0.15) is 0 Å². The Balaban J connectivity index is 4.34. The number of aliphatic carboxylic acids is 1. The minimum absolute atomic E-state index is 0.216. The van der Waals surface area contributed by atoms with Crippen LogP contribution in [0.1, 0.15) is 39.5 Å². The predicted molar refractivity (Wildman–Crippen MR) is 64.3 cm³/mol. The predicted octanol–water partition coefficient (Wildman–Crippen LogP) is 1.88. The molecule has 0 aliphatic rings. The van der Waals surface area contributed by atoms with E-state index in [1.165, 1.54) is 0 Å². The zero-order valence-electron chi connectivity index (χ0n) is 10.7. The molecular weight excluding hydrogens is 206 g/mol. The average molecular weight is 231 g/mol. The Labute approximate surface area is 98.2 Å². The first-order chi connectivity index (χ1) is 7.48. The Hall–Kier alpha value is -0.610. The second-order valence-electron chi connectivity index (χ2n) is 4.84.